The third-order valence-corrected chi connectivity index (χ3v) is 4.54. The highest BCUT2D eigenvalue weighted by molar-refractivity contribution is 6.30. The number of carbonyl (C=O) groups is 1. The average Bonchev–Trinajstić information content (AvgIpc) is 2.57. The van der Waals surface area contributed by atoms with Crippen LogP contribution in [0.5, 0.6) is 0 Å². The van der Waals surface area contributed by atoms with Crippen molar-refractivity contribution in [3.8, 4) is 0 Å². The van der Waals surface area contributed by atoms with Crippen LogP contribution in [0.15, 0.2) is 54.6 Å². The van der Waals surface area contributed by atoms with Crippen molar-refractivity contribution < 1.29 is 4.79 Å². The van der Waals surface area contributed by atoms with Crippen molar-refractivity contribution in [2.75, 3.05) is 4.90 Å². The average molecular weight is 314 g/mol. The summed E-state index contributed by atoms with van der Waals surface area (Å²) >= 11 is 5.94. The predicted octanol–water partition coefficient (Wildman–Crippen LogP) is 5.32. The Hall–Kier alpha value is -1.80. The van der Waals surface area contributed by atoms with E-state index in [1.165, 1.54) is 19.3 Å². The predicted molar refractivity (Wildman–Crippen MR) is 91.6 cm³/mol. The second kappa shape index (κ2) is 6.97. The van der Waals surface area contributed by atoms with Crippen LogP contribution in [0.3, 0.4) is 0 Å². The number of halogens is 1. The molecule has 0 saturated heterocycles. The van der Waals surface area contributed by atoms with Crippen LogP contribution >= 0.6 is 11.6 Å². The Morgan fingerprint density at radius 2 is 1.55 bits per heavy atom. The second-order valence-corrected chi connectivity index (χ2v) is 6.25. The van der Waals surface area contributed by atoms with Gasteiger partial charge in [-0.1, -0.05) is 49.1 Å². The van der Waals surface area contributed by atoms with Crippen molar-refractivity contribution >= 4 is 23.2 Å². The molecule has 2 nitrogen and oxygen atoms in total. The SMILES string of the molecule is O=C(c1ccc(Cl)cc1)N(c1ccccc1)C1CCCCC1. The third-order valence-electron chi connectivity index (χ3n) is 4.28. The maximum Gasteiger partial charge on any atom is 0.258 e. The summed E-state index contributed by atoms with van der Waals surface area (Å²) in [5.41, 5.74) is 1.67. The Morgan fingerprint density at radius 1 is 0.909 bits per heavy atom. The van der Waals surface area contributed by atoms with E-state index < -0.39 is 0 Å². The summed E-state index contributed by atoms with van der Waals surface area (Å²) in [6, 6.07) is 17.4. The van der Waals surface area contributed by atoms with Crippen molar-refractivity contribution in [3.05, 3.63) is 65.2 Å². The Labute approximate surface area is 136 Å². The topological polar surface area (TPSA) is 20.3 Å². The smallest absolute Gasteiger partial charge is 0.258 e. The van der Waals surface area contributed by atoms with E-state index in [0.29, 0.717) is 16.6 Å². The lowest BCUT2D eigenvalue weighted by atomic mass is 9.93. The molecule has 0 aliphatic heterocycles. The van der Waals surface area contributed by atoms with Gasteiger partial charge in [0.25, 0.3) is 5.91 Å². The van der Waals surface area contributed by atoms with Gasteiger partial charge in [-0.2, -0.15) is 0 Å². The van der Waals surface area contributed by atoms with Gasteiger partial charge in [-0.15, -0.1) is 0 Å². The fourth-order valence-electron chi connectivity index (χ4n) is 3.15. The maximum absolute atomic E-state index is 13.0. The molecule has 2 aromatic carbocycles. The van der Waals surface area contributed by atoms with Crippen LogP contribution < -0.4 is 4.90 Å². The fourth-order valence-corrected chi connectivity index (χ4v) is 3.28. The normalized spacial score (nSPS) is 15.5. The molecule has 0 atom stereocenters. The van der Waals surface area contributed by atoms with Crippen LogP contribution in [0.25, 0.3) is 0 Å². The van der Waals surface area contributed by atoms with Gasteiger partial charge < -0.3 is 4.90 Å². The van der Waals surface area contributed by atoms with Crippen LogP contribution in [-0.2, 0) is 0 Å². The van der Waals surface area contributed by atoms with Gasteiger partial charge in [-0.3, -0.25) is 4.79 Å². The minimum Gasteiger partial charge on any atom is -0.305 e. The minimum atomic E-state index is 0.0646. The molecule has 0 N–H and O–H groups in total. The van der Waals surface area contributed by atoms with E-state index in [4.69, 9.17) is 11.6 Å². The molecule has 0 radical (unpaired) electrons. The van der Waals surface area contributed by atoms with E-state index in [1.807, 2.05) is 47.4 Å². The van der Waals surface area contributed by atoms with Crippen molar-refractivity contribution in [2.24, 2.45) is 0 Å². The largest absolute Gasteiger partial charge is 0.305 e. The number of hydrogen-bond acceptors (Lipinski definition) is 1. The van der Waals surface area contributed by atoms with Gasteiger partial charge in [-0.05, 0) is 49.2 Å². The molecule has 0 aromatic heterocycles. The molecular formula is C19H20ClNO. The highest BCUT2D eigenvalue weighted by atomic mass is 35.5. The summed E-state index contributed by atoms with van der Waals surface area (Å²) in [5, 5.41) is 0.653. The number of anilines is 1. The quantitative estimate of drug-likeness (QED) is 0.751. The number of para-hydroxylation sites is 1. The summed E-state index contributed by atoms with van der Waals surface area (Å²) in [4.78, 5) is 15.0. The van der Waals surface area contributed by atoms with Crippen molar-refractivity contribution in [1.82, 2.24) is 0 Å². The van der Waals surface area contributed by atoms with Gasteiger partial charge in [0.15, 0.2) is 0 Å². The molecule has 3 heteroatoms. The molecule has 0 unspecified atom stereocenters. The number of hydrogen-bond donors (Lipinski definition) is 0. The Kier molecular flexibility index (Phi) is 4.79. The number of rotatable bonds is 3. The summed E-state index contributed by atoms with van der Waals surface area (Å²) in [6.07, 6.45) is 5.82. The van der Waals surface area contributed by atoms with E-state index >= 15 is 0 Å². The molecule has 0 bridgehead atoms. The molecule has 1 aliphatic carbocycles. The van der Waals surface area contributed by atoms with E-state index in [0.717, 1.165) is 18.5 Å². The van der Waals surface area contributed by atoms with Gasteiger partial charge in [0, 0.05) is 22.3 Å². The van der Waals surface area contributed by atoms with Crippen molar-refractivity contribution in [3.63, 3.8) is 0 Å². The fraction of sp³-hybridized carbons (Fsp3) is 0.316. The first-order valence-electron chi connectivity index (χ1n) is 7.90. The first kappa shape index (κ1) is 15.1. The lowest BCUT2D eigenvalue weighted by Gasteiger charge is -2.34. The molecular weight excluding hydrogens is 294 g/mol. The van der Waals surface area contributed by atoms with Crippen LogP contribution in [0.4, 0.5) is 5.69 Å². The highest BCUT2D eigenvalue weighted by Crippen LogP contribution is 2.29. The standard InChI is InChI=1S/C19H20ClNO/c20-16-13-11-15(12-14-16)19(22)21(17-7-3-1-4-8-17)18-9-5-2-6-10-18/h1,3-4,7-8,11-14,18H,2,5-6,9-10H2. The second-order valence-electron chi connectivity index (χ2n) is 5.81. The highest BCUT2D eigenvalue weighted by Gasteiger charge is 2.27. The molecule has 114 valence electrons. The first-order valence-corrected chi connectivity index (χ1v) is 8.28. The Balaban J connectivity index is 1.93. The molecule has 2 aromatic rings. The van der Waals surface area contributed by atoms with E-state index in [-0.39, 0.29) is 5.91 Å². The van der Waals surface area contributed by atoms with Crippen LogP contribution in [0.2, 0.25) is 5.02 Å². The van der Waals surface area contributed by atoms with Gasteiger partial charge in [0.2, 0.25) is 0 Å². The molecule has 22 heavy (non-hydrogen) atoms. The summed E-state index contributed by atoms with van der Waals surface area (Å²) in [6.45, 7) is 0. The number of amides is 1. The first-order chi connectivity index (χ1) is 10.8. The zero-order valence-corrected chi connectivity index (χ0v) is 13.3. The van der Waals surface area contributed by atoms with Gasteiger partial charge in [0.1, 0.15) is 0 Å². The van der Waals surface area contributed by atoms with Crippen LogP contribution in [-0.4, -0.2) is 11.9 Å². The number of benzene rings is 2. The van der Waals surface area contributed by atoms with E-state index in [1.54, 1.807) is 12.1 Å². The Morgan fingerprint density at radius 3 is 2.18 bits per heavy atom. The summed E-state index contributed by atoms with van der Waals surface area (Å²) in [5.74, 6) is 0.0646. The van der Waals surface area contributed by atoms with E-state index in [2.05, 4.69) is 0 Å². The molecule has 1 saturated carbocycles. The lowest BCUT2D eigenvalue weighted by Crippen LogP contribution is -2.41. The summed E-state index contributed by atoms with van der Waals surface area (Å²) < 4.78 is 0. The third kappa shape index (κ3) is 3.33. The van der Waals surface area contributed by atoms with Gasteiger partial charge in [0.05, 0.1) is 0 Å². The lowest BCUT2D eigenvalue weighted by molar-refractivity contribution is 0.0970. The maximum atomic E-state index is 13.0. The number of nitrogens with zero attached hydrogens (tertiary/aromatic N) is 1. The van der Waals surface area contributed by atoms with Crippen LogP contribution in [0, 0.1) is 0 Å². The Bertz CT molecular complexity index is 618. The van der Waals surface area contributed by atoms with Gasteiger partial charge in [-0.25, -0.2) is 0 Å². The van der Waals surface area contributed by atoms with E-state index in [9.17, 15) is 4.79 Å². The molecule has 3 rings (SSSR count). The molecule has 0 spiro atoms. The zero-order chi connectivity index (χ0) is 15.4. The van der Waals surface area contributed by atoms with Crippen molar-refractivity contribution in [1.29, 1.82) is 0 Å². The molecule has 1 fully saturated rings. The van der Waals surface area contributed by atoms with Gasteiger partial charge >= 0.3 is 0 Å². The summed E-state index contributed by atoms with van der Waals surface area (Å²) in [7, 11) is 0. The minimum absolute atomic E-state index is 0.0646. The monoisotopic (exact) mass is 313 g/mol. The molecule has 0 heterocycles. The van der Waals surface area contributed by atoms with Crippen LogP contribution in [0.1, 0.15) is 42.5 Å². The zero-order valence-electron chi connectivity index (χ0n) is 12.5. The van der Waals surface area contributed by atoms with Crippen molar-refractivity contribution in [2.45, 2.75) is 38.1 Å². The number of carbonyl (C=O) groups excluding carboxylic acids is 1. The molecule has 1 amide bonds. The molecule has 1 aliphatic rings.